The lowest BCUT2D eigenvalue weighted by Gasteiger charge is -2.32. The summed E-state index contributed by atoms with van der Waals surface area (Å²) < 4.78 is 11.4. The van der Waals surface area contributed by atoms with Gasteiger partial charge in [-0.05, 0) is 87.3 Å². The molecule has 1 heterocycles. The van der Waals surface area contributed by atoms with E-state index in [2.05, 4.69) is 17.3 Å². The summed E-state index contributed by atoms with van der Waals surface area (Å²) in [5, 5.41) is 2.85. The van der Waals surface area contributed by atoms with Crippen molar-refractivity contribution in [1.29, 1.82) is 0 Å². The van der Waals surface area contributed by atoms with Gasteiger partial charge in [0.1, 0.15) is 11.5 Å². The minimum atomic E-state index is -0.295. The number of hydrogen-bond donors (Lipinski definition) is 1. The second kappa shape index (κ2) is 15.2. The first-order valence-electron chi connectivity index (χ1n) is 14.8. The number of nitrogens with zero attached hydrogens (tertiary/aromatic N) is 3. The number of benzene rings is 3. The van der Waals surface area contributed by atoms with Gasteiger partial charge in [-0.15, -0.1) is 0 Å². The van der Waals surface area contributed by atoms with E-state index in [4.69, 9.17) is 9.47 Å². The monoisotopic (exact) mass is 586 g/mol. The van der Waals surface area contributed by atoms with Gasteiger partial charge in [0.05, 0.1) is 25.0 Å². The number of anilines is 2. The number of hydrogen-bond acceptors (Lipinski definition) is 6. The molecule has 4 rings (SSSR count). The summed E-state index contributed by atoms with van der Waals surface area (Å²) in [6.07, 6.45) is 3.13. The molecule has 0 radical (unpaired) electrons. The highest BCUT2D eigenvalue weighted by molar-refractivity contribution is 6.08. The number of aryl methyl sites for hydroxylation is 1. The number of nitrogens with one attached hydrogen (secondary N) is 1. The highest BCUT2D eigenvalue weighted by atomic mass is 16.5. The molecule has 3 amide bonds. The van der Waals surface area contributed by atoms with E-state index in [1.165, 1.54) is 7.11 Å². The van der Waals surface area contributed by atoms with E-state index < -0.39 is 0 Å². The molecule has 1 N–H and O–H groups in total. The fourth-order valence-corrected chi connectivity index (χ4v) is 5.00. The maximum atomic E-state index is 13.4. The Bertz CT molecular complexity index is 1400. The van der Waals surface area contributed by atoms with Gasteiger partial charge in [-0.2, -0.15) is 0 Å². The Morgan fingerprint density at radius 1 is 0.884 bits per heavy atom. The predicted molar refractivity (Wildman–Crippen MR) is 169 cm³/mol. The van der Waals surface area contributed by atoms with Crippen LogP contribution >= 0.6 is 0 Å². The van der Waals surface area contributed by atoms with Crippen LogP contribution in [0.1, 0.15) is 52.0 Å². The maximum absolute atomic E-state index is 13.4. The van der Waals surface area contributed by atoms with Gasteiger partial charge in [0.25, 0.3) is 11.8 Å². The molecule has 43 heavy (non-hydrogen) atoms. The molecule has 3 aromatic rings. The molecule has 228 valence electrons. The molecule has 9 heteroatoms. The first-order valence-corrected chi connectivity index (χ1v) is 14.8. The number of carbonyl (C=O) groups is 3. The highest BCUT2D eigenvalue weighted by Gasteiger charge is 2.20. The summed E-state index contributed by atoms with van der Waals surface area (Å²) in [5.74, 6) is 0.878. The largest absolute Gasteiger partial charge is 0.496 e. The lowest BCUT2D eigenvalue weighted by atomic mass is 10.1. The van der Waals surface area contributed by atoms with Gasteiger partial charge in [0, 0.05) is 50.9 Å². The van der Waals surface area contributed by atoms with Gasteiger partial charge >= 0.3 is 0 Å². The molecule has 0 aliphatic carbocycles. The van der Waals surface area contributed by atoms with Crippen molar-refractivity contribution in [1.82, 2.24) is 9.80 Å². The van der Waals surface area contributed by atoms with Crippen LogP contribution in [0.25, 0.3) is 0 Å². The molecular formula is C34H42N4O5. The van der Waals surface area contributed by atoms with E-state index >= 15 is 0 Å². The third kappa shape index (κ3) is 8.58. The van der Waals surface area contributed by atoms with Crippen molar-refractivity contribution in [2.45, 2.75) is 32.6 Å². The Morgan fingerprint density at radius 3 is 2.33 bits per heavy atom. The predicted octanol–water partition coefficient (Wildman–Crippen LogP) is 5.25. The van der Waals surface area contributed by atoms with Crippen LogP contribution in [0.3, 0.4) is 0 Å². The van der Waals surface area contributed by atoms with E-state index in [1.54, 1.807) is 60.5 Å². The van der Waals surface area contributed by atoms with E-state index in [0.717, 1.165) is 51.0 Å². The summed E-state index contributed by atoms with van der Waals surface area (Å²) in [7, 11) is 5.33. The number of ether oxygens (including phenoxy) is 2. The van der Waals surface area contributed by atoms with E-state index in [1.807, 2.05) is 30.0 Å². The third-order valence-electron chi connectivity index (χ3n) is 7.67. The number of methoxy groups -OCH3 is 1. The highest BCUT2D eigenvalue weighted by Crippen LogP contribution is 2.30. The van der Waals surface area contributed by atoms with Crippen LogP contribution in [0.5, 0.6) is 11.5 Å². The lowest BCUT2D eigenvalue weighted by Crippen LogP contribution is -2.47. The first kappa shape index (κ1) is 31.6. The Morgan fingerprint density at radius 2 is 1.60 bits per heavy atom. The molecule has 1 fully saturated rings. The minimum Gasteiger partial charge on any atom is -0.496 e. The van der Waals surface area contributed by atoms with Crippen molar-refractivity contribution < 1.29 is 23.9 Å². The molecular weight excluding hydrogens is 544 g/mol. The standard InChI is InChI=1S/C34H42N4O5/c1-25-13-18-29(31(24-25)43-23-9-5-6-12-32(39)38-21-19-36(2)20-22-38)37(3)34(41)26-14-16-27(17-15-26)35-33(40)28-10-7-8-11-30(28)42-4/h7-8,10-11,13-18,24H,5-6,9,12,19-23H2,1-4H3,(H,35,40). The minimum absolute atomic E-state index is 0.196. The number of amides is 3. The molecule has 1 aliphatic heterocycles. The van der Waals surface area contributed by atoms with Crippen molar-refractivity contribution in [3.8, 4) is 11.5 Å². The SMILES string of the molecule is COc1ccccc1C(=O)Nc1ccc(C(=O)N(C)c2ccc(C)cc2OCCCCCC(=O)N2CCN(C)CC2)cc1. The van der Waals surface area contributed by atoms with Gasteiger partial charge in [-0.3, -0.25) is 14.4 Å². The average Bonchev–Trinajstić information content (AvgIpc) is 3.02. The average molecular weight is 587 g/mol. The quantitative estimate of drug-likeness (QED) is 0.292. The normalized spacial score (nSPS) is 13.3. The summed E-state index contributed by atoms with van der Waals surface area (Å²) in [6, 6.07) is 19.6. The number of para-hydroxylation sites is 1. The zero-order chi connectivity index (χ0) is 30.8. The maximum Gasteiger partial charge on any atom is 0.259 e. The number of carbonyl (C=O) groups excluding carboxylic acids is 3. The van der Waals surface area contributed by atoms with E-state index in [-0.39, 0.29) is 17.7 Å². The topological polar surface area (TPSA) is 91.4 Å². The second-order valence-electron chi connectivity index (χ2n) is 10.9. The fraction of sp³-hybridized carbons (Fsp3) is 0.382. The van der Waals surface area contributed by atoms with Gasteiger partial charge in [-0.1, -0.05) is 18.2 Å². The Labute approximate surface area is 254 Å². The van der Waals surface area contributed by atoms with Gasteiger partial charge in [-0.25, -0.2) is 0 Å². The van der Waals surface area contributed by atoms with Gasteiger partial charge in [0.2, 0.25) is 5.91 Å². The Kier molecular flexibility index (Phi) is 11.2. The van der Waals surface area contributed by atoms with Crippen molar-refractivity contribution in [2.24, 2.45) is 0 Å². The molecule has 1 saturated heterocycles. The summed E-state index contributed by atoms with van der Waals surface area (Å²) in [6.45, 7) is 5.98. The lowest BCUT2D eigenvalue weighted by molar-refractivity contribution is -0.132. The van der Waals surface area contributed by atoms with Crippen molar-refractivity contribution in [3.63, 3.8) is 0 Å². The summed E-state index contributed by atoms with van der Waals surface area (Å²) in [4.78, 5) is 44.3. The molecule has 0 bridgehead atoms. The van der Waals surface area contributed by atoms with Gasteiger partial charge in [0.15, 0.2) is 0 Å². The third-order valence-corrected chi connectivity index (χ3v) is 7.67. The zero-order valence-corrected chi connectivity index (χ0v) is 25.6. The van der Waals surface area contributed by atoms with Crippen LogP contribution in [0.2, 0.25) is 0 Å². The van der Waals surface area contributed by atoms with Crippen LogP contribution in [0.4, 0.5) is 11.4 Å². The molecule has 1 aliphatic rings. The van der Waals surface area contributed by atoms with Crippen molar-refractivity contribution in [3.05, 3.63) is 83.4 Å². The number of piperazine rings is 1. The summed E-state index contributed by atoms with van der Waals surface area (Å²) >= 11 is 0. The van der Waals surface area contributed by atoms with Gasteiger partial charge < -0.3 is 29.5 Å². The first-order chi connectivity index (χ1) is 20.8. The molecule has 9 nitrogen and oxygen atoms in total. The zero-order valence-electron chi connectivity index (χ0n) is 25.6. The molecule has 0 aromatic heterocycles. The Balaban J connectivity index is 1.29. The van der Waals surface area contributed by atoms with Crippen LogP contribution in [0, 0.1) is 6.92 Å². The number of unbranched alkanes of at least 4 members (excludes halogenated alkanes) is 2. The Hall–Kier alpha value is -4.37. The van der Waals surface area contributed by atoms with Crippen LogP contribution in [-0.2, 0) is 4.79 Å². The van der Waals surface area contributed by atoms with Crippen molar-refractivity contribution >= 4 is 29.1 Å². The smallest absolute Gasteiger partial charge is 0.259 e. The molecule has 0 atom stereocenters. The van der Waals surface area contributed by atoms with E-state index in [0.29, 0.717) is 47.0 Å². The second-order valence-corrected chi connectivity index (χ2v) is 10.9. The molecule has 3 aromatic carbocycles. The van der Waals surface area contributed by atoms with Crippen molar-refractivity contribution in [2.75, 3.05) is 64.2 Å². The molecule has 0 spiro atoms. The number of rotatable bonds is 12. The molecule has 0 unspecified atom stereocenters. The van der Waals surface area contributed by atoms with Crippen LogP contribution < -0.4 is 19.7 Å². The van der Waals surface area contributed by atoms with Crippen LogP contribution in [0.15, 0.2) is 66.7 Å². The summed E-state index contributed by atoms with van der Waals surface area (Å²) in [5.41, 5.74) is 3.19. The van der Waals surface area contributed by atoms with E-state index in [9.17, 15) is 14.4 Å². The van der Waals surface area contributed by atoms with Crippen LogP contribution in [-0.4, -0.2) is 81.5 Å². The fourth-order valence-electron chi connectivity index (χ4n) is 5.00. The number of likely N-dealkylation sites (N-methyl/N-ethyl adjacent to an activating group) is 1. The molecule has 0 saturated carbocycles.